The van der Waals surface area contributed by atoms with Crippen LogP contribution in [0.4, 0.5) is 0 Å². The molecule has 1 aromatic rings. The third kappa shape index (κ3) is 4.16. The Morgan fingerprint density at radius 1 is 1.65 bits per heavy atom. The summed E-state index contributed by atoms with van der Waals surface area (Å²) < 4.78 is 14.3. The lowest BCUT2D eigenvalue weighted by Gasteiger charge is -2.08. The Labute approximate surface area is 101 Å². The Balaban J connectivity index is 2.41. The van der Waals surface area contributed by atoms with Gasteiger partial charge in [0.25, 0.3) is 0 Å². The first-order valence-electron chi connectivity index (χ1n) is 5.51. The molecule has 0 aromatic carbocycles. The monoisotopic (exact) mass is 242 g/mol. The Morgan fingerprint density at radius 2 is 2.41 bits per heavy atom. The minimum absolute atomic E-state index is 0.203. The summed E-state index contributed by atoms with van der Waals surface area (Å²) >= 11 is 0. The summed E-state index contributed by atoms with van der Waals surface area (Å²) in [6.07, 6.45) is 6.18. The predicted molar refractivity (Wildman–Crippen MR) is 62.0 cm³/mol. The molecule has 0 aliphatic rings. The molecule has 1 aromatic heterocycles. The Kier molecular flexibility index (Phi) is 5.65. The number of ether oxygens (including phenoxy) is 2. The molecule has 17 heavy (non-hydrogen) atoms. The van der Waals surface area contributed by atoms with Crippen molar-refractivity contribution in [2.75, 3.05) is 13.7 Å². The molecule has 1 unspecified atom stereocenters. The number of oxime groups is 1. The smallest absolute Gasteiger partial charge is 0.305 e. The van der Waals surface area contributed by atoms with E-state index in [1.165, 1.54) is 6.21 Å². The lowest BCUT2D eigenvalue weighted by molar-refractivity contribution is -0.672. The second-order valence-corrected chi connectivity index (χ2v) is 3.85. The van der Waals surface area contributed by atoms with Gasteiger partial charge in [0.1, 0.15) is 12.4 Å². The molecule has 96 valence electrons. The first-order valence-corrected chi connectivity index (χ1v) is 5.51. The summed E-state index contributed by atoms with van der Waals surface area (Å²) in [7, 11) is 3.56. The highest BCUT2D eigenvalue weighted by Crippen LogP contribution is 1.98. The van der Waals surface area contributed by atoms with E-state index in [0.717, 1.165) is 12.2 Å². The maximum Gasteiger partial charge on any atom is 0.305 e. The molecule has 1 N–H and O–H groups in total. The van der Waals surface area contributed by atoms with Crippen LogP contribution in [0.2, 0.25) is 0 Å². The van der Waals surface area contributed by atoms with Gasteiger partial charge in [-0.2, -0.15) is 0 Å². The molecule has 0 spiro atoms. The van der Waals surface area contributed by atoms with Gasteiger partial charge in [-0.15, -0.1) is 0 Å². The third-order valence-electron chi connectivity index (χ3n) is 2.60. The average Bonchev–Trinajstić information content (AvgIpc) is 2.67. The van der Waals surface area contributed by atoms with Crippen LogP contribution in [0, 0.1) is 0 Å². The number of imidazole rings is 1. The van der Waals surface area contributed by atoms with Gasteiger partial charge in [0.05, 0.1) is 19.8 Å². The highest BCUT2D eigenvalue weighted by Gasteiger charge is 2.12. The lowest BCUT2D eigenvalue weighted by atomic mass is 10.3. The second kappa shape index (κ2) is 7.03. The topological polar surface area (TPSA) is 59.9 Å². The number of aromatic nitrogens is 2. The Hall–Kier alpha value is -1.40. The van der Waals surface area contributed by atoms with E-state index in [2.05, 4.69) is 5.16 Å². The summed E-state index contributed by atoms with van der Waals surface area (Å²) in [6, 6.07) is 0. The highest BCUT2D eigenvalue weighted by molar-refractivity contribution is 5.72. The number of aryl methyl sites for hydroxylation is 1. The van der Waals surface area contributed by atoms with Crippen LogP contribution >= 0.6 is 0 Å². The van der Waals surface area contributed by atoms with Crippen LogP contribution in [0.5, 0.6) is 0 Å². The lowest BCUT2D eigenvalue weighted by Crippen LogP contribution is -2.32. The quantitative estimate of drug-likeness (QED) is 0.249. The molecular formula is C11H20N3O3+. The highest BCUT2D eigenvalue weighted by atomic mass is 16.5. The molecule has 6 heteroatoms. The van der Waals surface area contributed by atoms with Gasteiger partial charge in [-0.05, 0) is 13.3 Å². The molecule has 1 atom stereocenters. The van der Waals surface area contributed by atoms with Crippen molar-refractivity contribution in [3.05, 3.63) is 18.2 Å². The predicted octanol–water partition coefficient (Wildman–Crippen LogP) is 0.520. The van der Waals surface area contributed by atoms with E-state index < -0.39 is 0 Å². The van der Waals surface area contributed by atoms with E-state index in [0.29, 0.717) is 13.3 Å². The van der Waals surface area contributed by atoms with Gasteiger partial charge in [0.15, 0.2) is 12.9 Å². The van der Waals surface area contributed by atoms with E-state index in [-0.39, 0.29) is 6.10 Å². The molecular weight excluding hydrogens is 222 g/mol. The molecule has 1 heterocycles. The number of hydrogen-bond donors (Lipinski definition) is 1. The fraction of sp³-hybridized carbons (Fsp3) is 0.636. The normalized spacial score (nSPS) is 13.4. The molecule has 0 aliphatic carbocycles. The van der Waals surface area contributed by atoms with Gasteiger partial charge in [-0.1, -0.05) is 5.16 Å². The van der Waals surface area contributed by atoms with Crippen molar-refractivity contribution in [2.24, 2.45) is 12.2 Å². The van der Waals surface area contributed by atoms with Crippen molar-refractivity contribution in [3.8, 4) is 0 Å². The van der Waals surface area contributed by atoms with Gasteiger partial charge in [-0.25, -0.2) is 9.13 Å². The van der Waals surface area contributed by atoms with Crippen molar-refractivity contribution >= 4 is 6.21 Å². The summed E-state index contributed by atoms with van der Waals surface area (Å²) in [4.78, 5) is 0. The van der Waals surface area contributed by atoms with Crippen molar-refractivity contribution in [1.29, 1.82) is 0 Å². The van der Waals surface area contributed by atoms with Gasteiger partial charge in [-0.3, -0.25) is 0 Å². The average molecular weight is 242 g/mol. The number of hydrogen-bond acceptors (Lipinski definition) is 4. The largest absolute Gasteiger partial charge is 0.411 e. The molecule has 6 nitrogen and oxygen atoms in total. The Bertz CT molecular complexity index is 363. The zero-order chi connectivity index (χ0) is 12.7. The van der Waals surface area contributed by atoms with Crippen LogP contribution in [0.3, 0.4) is 0 Å². The van der Waals surface area contributed by atoms with Crippen molar-refractivity contribution in [2.45, 2.75) is 26.2 Å². The molecule has 1 rings (SSSR count). The summed E-state index contributed by atoms with van der Waals surface area (Å²) in [5, 5.41) is 11.6. The van der Waals surface area contributed by atoms with Crippen molar-refractivity contribution in [3.63, 3.8) is 0 Å². The SMILES string of the molecule is COC(C)CCOCn1cc[n+](C)c1/C=N/O. The van der Waals surface area contributed by atoms with Crippen LogP contribution in [0.1, 0.15) is 19.2 Å². The Morgan fingerprint density at radius 3 is 3.06 bits per heavy atom. The van der Waals surface area contributed by atoms with Crippen LogP contribution in [0.25, 0.3) is 0 Å². The van der Waals surface area contributed by atoms with E-state index in [4.69, 9.17) is 14.7 Å². The number of rotatable bonds is 7. The third-order valence-corrected chi connectivity index (χ3v) is 2.60. The van der Waals surface area contributed by atoms with Crippen molar-refractivity contribution < 1.29 is 19.2 Å². The first-order chi connectivity index (χ1) is 8.19. The van der Waals surface area contributed by atoms with Crippen LogP contribution < -0.4 is 4.57 Å². The molecule has 0 saturated carbocycles. The standard InChI is InChI=1S/C11H19N3O3/c1-10(16-3)4-7-17-9-14-6-5-13(2)11(14)8-12-15/h5-6,8,10H,4,7,9H2,1-3H3/p+1. The number of methoxy groups -OCH3 is 1. The second-order valence-electron chi connectivity index (χ2n) is 3.85. The van der Waals surface area contributed by atoms with Gasteiger partial charge < -0.3 is 14.7 Å². The summed E-state index contributed by atoms with van der Waals surface area (Å²) in [5.41, 5.74) is 0. The fourth-order valence-electron chi connectivity index (χ4n) is 1.39. The molecule has 0 fully saturated rings. The zero-order valence-electron chi connectivity index (χ0n) is 10.5. The van der Waals surface area contributed by atoms with Crippen LogP contribution in [0.15, 0.2) is 17.5 Å². The molecule has 0 aliphatic heterocycles. The van der Waals surface area contributed by atoms with E-state index in [1.807, 2.05) is 35.5 Å². The first kappa shape index (κ1) is 13.7. The maximum atomic E-state index is 8.55. The minimum atomic E-state index is 0.203. The fourth-order valence-corrected chi connectivity index (χ4v) is 1.39. The molecule has 0 saturated heterocycles. The van der Waals surface area contributed by atoms with Crippen LogP contribution in [-0.2, 0) is 23.3 Å². The molecule has 0 radical (unpaired) electrons. The van der Waals surface area contributed by atoms with Crippen molar-refractivity contribution in [1.82, 2.24) is 4.57 Å². The maximum absolute atomic E-state index is 8.55. The minimum Gasteiger partial charge on any atom is -0.411 e. The van der Waals surface area contributed by atoms with Gasteiger partial charge in [0, 0.05) is 7.11 Å². The van der Waals surface area contributed by atoms with E-state index in [1.54, 1.807) is 7.11 Å². The zero-order valence-corrected chi connectivity index (χ0v) is 10.5. The summed E-state index contributed by atoms with van der Waals surface area (Å²) in [5.74, 6) is 0.771. The van der Waals surface area contributed by atoms with Gasteiger partial charge in [0.2, 0.25) is 0 Å². The van der Waals surface area contributed by atoms with Crippen LogP contribution in [-0.4, -0.2) is 35.8 Å². The van der Waals surface area contributed by atoms with Gasteiger partial charge >= 0.3 is 5.82 Å². The summed E-state index contributed by atoms with van der Waals surface area (Å²) in [6.45, 7) is 3.06. The molecule has 0 bridgehead atoms. The molecule has 0 amide bonds. The van der Waals surface area contributed by atoms with E-state index >= 15 is 0 Å². The number of nitrogens with zero attached hydrogens (tertiary/aromatic N) is 3. The van der Waals surface area contributed by atoms with E-state index in [9.17, 15) is 0 Å².